The van der Waals surface area contributed by atoms with Crippen LogP contribution in [-0.2, 0) is 0 Å². The minimum atomic E-state index is -0.886. The summed E-state index contributed by atoms with van der Waals surface area (Å²) in [6, 6.07) is 15.6. The molecular weight excluding hydrogens is 240 g/mol. The fourth-order valence-electron chi connectivity index (χ4n) is 1.87. The van der Waals surface area contributed by atoms with Gasteiger partial charge in [-0.15, -0.1) is 0 Å². The van der Waals surface area contributed by atoms with Crippen molar-refractivity contribution in [1.29, 1.82) is 0 Å². The van der Waals surface area contributed by atoms with Crippen molar-refractivity contribution in [3.63, 3.8) is 0 Å². The molecule has 0 amide bonds. The second-order valence-corrected chi connectivity index (χ2v) is 7.64. The van der Waals surface area contributed by atoms with E-state index < -0.39 is 14.8 Å². The molecule has 0 atom stereocenters. The van der Waals surface area contributed by atoms with Crippen LogP contribution in [-0.4, -0.2) is 19.9 Å². The standard InChI is InChI=1S/C15H16O2Si/c1-18(2)14-9-7-12(8-10-14)11-3-5-13(6-4-11)15(16)17/h3-10,18H,1-2H3,(H,16,17). The molecule has 0 spiro atoms. The highest BCUT2D eigenvalue weighted by atomic mass is 28.3. The zero-order valence-electron chi connectivity index (χ0n) is 10.6. The summed E-state index contributed by atoms with van der Waals surface area (Å²) in [7, 11) is -0.743. The van der Waals surface area contributed by atoms with Gasteiger partial charge in [0.2, 0.25) is 0 Å². The quantitative estimate of drug-likeness (QED) is 0.857. The molecule has 2 rings (SSSR count). The van der Waals surface area contributed by atoms with Gasteiger partial charge in [-0.3, -0.25) is 0 Å². The Morgan fingerprint density at radius 2 is 1.33 bits per heavy atom. The molecule has 0 unspecified atom stereocenters. The fraction of sp³-hybridized carbons (Fsp3) is 0.133. The molecule has 0 aliphatic heterocycles. The first kappa shape index (κ1) is 12.6. The van der Waals surface area contributed by atoms with Crippen molar-refractivity contribution in [2.45, 2.75) is 13.1 Å². The highest BCUT2D eigenvalue weighted by Gasteiger charge is 2.04. The second-order valence-electron chi connectivity index (χ2n) is 4.66. The number of benzene rings is 2. The lowest BCUT2D eigenvalue weighted by molar-refractivity contribution is 0.0697. The molecule has 0 aliphatic rings. The molecule has 92 valence electrons. The van der Waals surface area contributed by atoms with Crippen LogP contribution in [0.2, 0.25) is 13.1 Å². The third kappa shape index (κ3) is 2.68. The van der Waals surface area contributed by atoms with Crippen LogP contribution in [0.1, 0.15) is 10.4 Å². The van der Waals surface area contributed by atoms with E-state index in [2.05, 4.69) is 37.4 Å². The van der Waals surface area contributed by atoms with E-state index in [1.165, 1.54) is 5.19 Å². The van der Waals surface area contributed by atoms with Crippen LogP contribution in [0.25, 0.3) is 11.1 Å². The Morgan fingerprint density at radius 1 is 0.889 bits per heavy atom. The van der Waals surface area contributed by atoms with Gasteiger partial charge in [0.1, 0.15) is 0 Å². The molecule has 0 aromatic heterocycles. The number of rotatable bonds is 3. The predicted molar refractivity (Wildman–Crippen MR) is 77.3 cm³/mol. The minimum Gasteiger partial charge on any atom is -0.478 e. The number of carboxylic acid groups (broad SMARTS) is 1. The van der Waals surface area contributed by atoms with Crippen LogP contribution in [0.4, 0.5) is 0 Å². The normalized spacial score (nSPS) is 10.6. The first-order valence-electron chi connectivity index (χ1n) is 6.01. The summed E-state index contributed by atoms with van der Waals surface area (Å²) < 4.78 is 0. The Labute approximate surface area is 109 Å². The molecular formula is C15H16O2Si. The zero-order chi connectivity index (χ0) is 13.1. The molecule has 1 N–H and O–H groups in total. The van der Waals surface area contributed by atoms with Crippen molar-refractivity contribution in [3.05, 3.63) is 54.1 Å². The fourth-order valence-corrected chi connectivity index (χ4v) is 2.83. The molecule has 0 saturated carbocycles. The SMILES string of the molecule is C[SiH](C)c1ccc(-c2ccc(C(=O)O)cc2)cc1. The Balaban J connectivity index is 2.28. The Morgan fingerprint density at radius 3 is 1.72 bits per heavy atom. The van der Waals surface area contributed by atoms with E-state index in [9.17, 15) is 4.79 Å². The van der Waals surface area contributed by atoms with E-state index in [1.54, 1.807) is 12.1 Å². The summed E-state index contributed by atoms with van der Waals surface area (Å²) in [6.07, 6.45) is 0. The third-order valence-corrected chi connectivity index (χ3v) is 4.76. The van der Waals surface area contributed by atoms with E-state index in [-0.39, 0.29) is 0 Å². The largest absolute Gasteiger partial charge is 0.478 e. The van der Waals surface area contributed by atoms with Crippen LogP contribution in [0.15, 0.2) is 48.5 Å². The number of carboxylic acids is 1. The predicted octanol–water partition coefficient (Wildman–Crippen LogP) is 2.75. The maximum atomic E-state index is 10.8. The molecule has 2 aromatic rings. The first-order valence-corrected chi connectivity index (χ1v) is 8.90. The van der Waals surface area contributed by atoms with Gasteiger partial charge in [-0.2, -0.15) is 0 Å². The van der Waals surface area contributed by atoms with Gasteiger partial charge in [0.15, 0.2) is 0 Å². The van der Waals surface area contributed by atoms with Crippen LogP contribution in [0, 0.1) is 0 Å². The van der Waals surface area contributed by atoms with Crippen LogP contribution in [0.5, 0.6) is 0 Å². The van der Waals surface area contributed by atoms with Gasteiger partial charge in [0.05, 0.1) is 14.4 Å². The Kier molecular flexibility index (Phi) is 3.62. The van der Waals surface area contributed by atoms with Crippen molar-refractivity contribution in [2.24, 2.45) is 0 Å². The van der Waals surface area contributed by atoms with E-state index in [1.807, 2.05) is 12.1 Å². The number of aromatic carboxylic acids is 1. The molecule has 0 aliphatic carbocycles. The van der Waals surface area contributed by atoms with Crippen LogP contribution < -0.4 is 5.19 Å². The number of hydrogen-bond acceptors (Lipinski definition) is 1. The van der Waals surface area contributed by atoms with Crippen molar-refractivity contribution in [3.8, 4) is 11.1 Å². The highest BCUT2D eigenvalue weighted by molar-refractivity contribution is 6.70. The van der Waals surface area contributed by atoms with Gasteiger partial charge in [0, 0.05) is 0 Å². The lowest BCUT2D eigenvalue weighted by Crippen LogP contribution is -2.21. The van der Waals surface area contributed by atoms with Gasteiger partial charge >= 0.3 is 5.97 Å². The minimum absolute atomic E-state index is 0.324. The van der Waals surface area contributed by atoms with Crippen LogP contribution >= 0.6 is 0 Å². The molecule has 0 fully saturated rings. The summed E-state index contributed by atoms with van der Waals surface area (Å²) >= 11 is 0. The molecule has 0 saturated heterocycles. The van der Waals surface area contributed by atoms with Gasteiger partial charge in [-0.05, 0) is 23.3 Å². The lowest BCUT2D eigenvalue weighted by Gasteiger charge is -2.06. The summed E-state index contributed by atoms with van der Waals surface area (Å²) in [4.78, 5) is 10.8. The second kappa shape index (κ2) is 5.19. The molecule has 3 heteroatoms. The number of hydrogen-bond donors (Lipinski definition) is 1. The van der Waals surface area contributed by atoms with Gasteiger partial charge < -0.3 is 5.11 Å². The molecule has 18 heavy (non-hydrogen) atoms. The molecule has 0 heterocycles. The maximum Gasteiger partial charge on any atom is 0.335 e. The number of carbonyl (C=O) groups is 1. The smallest absolute Gasteiger partial charge is 0.335 e. The summed E-state index contributed by atoms with van der Waals surface area (Å²) in [5.74, 6) is -0.886. The summed E-state index contributed by atoms with van der Waals surface area (Å²) in [5, 5.41) is 10.3. The molecule has 2 nitrogen and oxygen atoms in total. The van der Waals surface area contributed by atoms with Crippen molar-refractivity contribution in [1.82, 2.24) is 0 Å². The van der Waals surface area contributed by atoms with E-state index >= 15 is 0 Å². The Hall–Kier alpha value is -1.87. The van der Waals surface area contributed by atoms with Gasteiger partial charge in [0.25, 0.3) is 0 Å². The summed E-state index contributed by atoms with van der Waals surface area (Å²) in [5.41, 5.74) is 2.51. The molecule has 0 bridgehead atoms. The van der Waals surface area contributed by atoms with Gasteiger partial charge in [-0.25, -0.2) is 4.79 Å². The van der Waals surface area contributed by atoms with Crippen molar-refractivity contribution in [2.75, 3.05) is 0 Å². The van der Waals surface area contributed by atoms with Crippen molar-refractivity contribution >= 4 is 20.0 Å². The molecule has 0 radical (unpaired) electrons. The topological polar surface area (TPSA) is 37.3 Å². The maximum absolute atomic E-state index is 10.8. The lowest BCUT2D eigenvalue weighted by atomic mass is 10.0. The average molecular weight is 256 g/mol. The van der Waals surface area contributed by atoms with Gasteiger partial charge in [-0.1, -0.05) is 54.7 Å². The zero-order valence-corrected chi connectivity index (χ0v) is 11.7. The average Bonchev–Trinajstić information content (AvgIpc) is 2.39. The summed E-state index contributed by atoms with van der Waals surface area (Å²) in [6.45, 7) is 4.60. The molecule has 2 aromatic carbocycles. The van der Waals surface area contributed by atoms with Crippen LogP contribution in [0.3, 0.4) is 0 Å². The van der Waals surface area contributed by atoms with E-state index in [0.717, 1.165) is 11.1 Å². The van der Waals surface area contributed by atoms with E-state index in [4.69, 9.17) is 5.11 Å². The monoisotopic (exact) mass is 256 g/mol. The third-order valence-electron chi connectivity index (χ3n) is 3.04. The highest BCUT2D eigenvalue weighted by Crippen LogP contribution is 2.18. The van der Waals surface area contributed by atoms with E-state index in [0.29, 0.717) is 5.56 Å². The Bertz CT molecular complexity index is 542. The van der Waals surface area contributed by atoms with Crippen molar-refractivity contribution < 1.29 is 9.90 Å². The first-order chi connectivity index (χ1) is 8.58.